The molecule has 2 unspecified atom stereocenters. The van der Waals surface area contributed by atoms with Crippen molar-refractivity contribution >= 4 is 11.8 Å². The molecule has 2 nitrogen and oxygen atoms in total. The lowest BCUT2D eigenvalue weighted by Gasteiger charge is -2.23. The molecule has 2 atom stereocenters. The molecular weight excluding hydrogens is 194 g/mol. The highest BCUT2D eigenvalue weighted by molar-refractivity contribution is 7.99. The van der Waals surface area contributed by atoms with Crippen LogP contribution in [0.15, 0.2) is 0 Å². The predicted molar refractivity (Wildman–Crippen MR) is 63.8 cm³/mol. The number of aliphatic hydroxyl groups is 1. The number of aliphatic hydroxyl groups excluding tert-OH is 1. The Balaban J connectivity index is 2.02. The van der Waals surface area contributed by atoms with E-state index in [1.54, 1.807) is 0 Å². The van der Waals surface area contributed by atoms with E-state index in [9.17, 15) is 5.11 Å². The first-order valence-electron chi connectivity index (χ1n) is 5.69. The van der Waals surface area contributed by atoms with Crippen LogP contribution in [0.1, 0.15) is 33.1 Å². The van der Waals surface area contributed by atoms with Crippen LogP contribution in [0, 0.1) is 5.92 Å². The van der Waals surface area contributed by atoms with Crippen LogP contribution < -0.4 is 5.32 Å². The zero-order valence-corrected chi connectivity index (χ0v) is 10.1. The van der Waals surface area contributed by atoms with E-state index in [-0.39, 0.29) is 6.10 Å². The molecule has 1 fully saturated rings. The van der Waals surface area contributed by atoms with Crippen LogP contribution >= 0.6 is 11.8 Å². The highest BCUT2D eigenvalue weighted by Gasteiger charge is 2.14. The molecule has 3 heteroatoms. The van der Waals surface area contributed by atoms with Crippen LogP contribution in [-0.2, 0) is 0 Å². The second kappa shape index (κ2) is 6.70. The lowest BCUT2D eigenvalue weighted by molar-refractivity contribution is 0.115. The van der Waals surface area contributed by atoms with E-state index < -0.39 is 0 Å². The van der Waals surface area contributed by atoms with E-state index in [0.717, 1.165) is 13.0 Å². The van der Waals surface area contributed by atoms with Crippen LogP contribution in [0.4, 0.5) is 0 Å². The topological polar surface area (TPSA) is 32.3 Å². The quantitative estimate of drug-likeness (QED) is 0.737. The minimum absolute atomic E-state index is 0.140. The van der Waals surface area contributed by atoms with Crippen molar-refractivity contribution in [3.8, 4) is 0 Å². The average Bonchev–Trinajstić information content (AvgIpc) is 2.19. The fourth-order valence-corrected chi connectivity index (χ4v) is 2.78. The van der Waals surface area contributed by atoms with Gasteiger partial charge in [0.2, 0.25) is 0 Å². The van der Waals surface area contributed by atoms with Crippen molar-refractivity contribution in [3.05, 3.63) is 0 Å². The zero-order valence-electron chi connectivity index (χ0n) is 9.33. The smallest absolute Gasteiger partial charge is 0.0575 e. The largest absolute Gasteiger partial charge is 0.393 e. The van der Waals surface area contributed by atoms with Gasteiger partial charge in [-0.3, -0.25) is 0 Å². The van der Waals surface area contributed by atoms with Gasteiger partial charge >= 0.3 is 0 Å². The summed E-state index contributed by atoms with van der Waals surface area (Å²) in [6.07, 6.45) is 3.40. The minimum atomic E-state index is -0.140. The molecule has 84 valence electrons. The Hall–Kier alpha value is 0.270. The first-order chi connectivity index (χ1) is 6.70. The van der Waals surface area contributed by atoms with Crippen LogP contribution in [0.2, 0.25) is 0 Å². The van der Waals surface area contributed by atoms with Crippen molar-refractivity contribution in [1.29, 1.82) is 0 Å². The second-order valence-corrected chi connectivity index (χ2v) is 5.62. The van der Waals surface area contributed by atoms with Gasteiger partial charge in [-0.2, -0.15) is 11.8 Å². The molecule has 0 spiro atoms. The normalized spacial score (nSPS) is 25.3. The molecule has 1 saturated heterocycles. The second-order valence-electron chi connectivity index (χ2n) is 4.47. The summed E-state index contributed by atoms with van der Waals surface area (Å²) in [6, 6.07) is 0.688. The third-order valence-electron chi connectivity index (χ3n) is 2.80. The first-order valence-corrected chi connectivity index (χ1v) is 6.85. The minimum Gasteiger partial charge on any atom is -0.393 e. The van der Waals surface area contributed by atoms with Gasteiger partial charge in [0.15, 0.2) is 0 Å². The van der Waals surface area contributed by atoms with Crippen LogP contribution in [-0.4, -0.2) is 35.3 Å². The van der Waals surface area contributed by atoms with E-state index in [2.05, 4.69) is 19.2 Å². The zero-order chi connectivity index (χ0) is 10.4. The van der Waals surface area contributed by atoms with Gasteiger partial charge in [0.05, 0.1) is 6.10 Å². The third kappa shape index (κ3) is 4.67. The van der Waals surface area contributed by atoms with Gasteiger partial charge in [0.25, 0.3) is 0 Å². The van der Waals surface area contributed by atoms with Crippen molar-refractivity contribution in [2.45, 2.75) is 45.3 Å². The Morgan fingerprint density at radius 3 is 2.86 bits per heavy atom. The SMILES string of the molecule is CC(C)C(O)CCNC1CCCSC1. The summed E-state index contributed by atoms with van der Waals surface area (Å²) in [4.78, 5) is 0. The van der Waals surface area contributed by atoms with E-state index >= 15 is 0 Å². The summed E-state index contributed by atoms with van der Waals surface area (Å²) in [5, 5.41) is 13.1. The Morgan fingerprint density at radius 2 is 2.29 bits per heavy atom. The molecule has 0 aliphatic carbocycles. The molecule has 14 heavy (non-hydrogen) atoms. The van der Waals surface area contributed by atoms with Crippen molar-refractivity contribution in [3.63, 3.8) is 0 Å². The molecule has 1 heterocycles. The first kappa shape index (κ1) is 12.3. The molecule has 0 aromatic carbocycles. The number of thioether (sulfide) groups is 1. The molecule has 1 rings (SSSR count). The summed E-state index contributed by atoms with van der Waals surface area (Å²) in [6.45, 7) is 5.10. The average molecular weight is 217 g/mol. The Bertz CT molecular complexity index is 146. The highest BCUT2D eigenvalue weighted by atomic mass is 32.2. The number of hydrogen-bond donors (Lipinski definition) is 2. The van der Waals surface area contributed by atoms with Crippen molar-refractivity contribution in [2.24, 2.45) is 5.92 Å². The standard InChI is InChI=1S/C11H23NOS/c1-9(2)11(13)5-6-12-10-4-3-7-14-8-10/h9-13H,3-8H2,1-2H3. The van der Waals surface area contributed by atoms with Crippen LogP contribution in [0.5, 0.6) is 0 Å². The van der Waals surface area contributed by atoms with Crippen molar-refractivity contribution < 1.29 is 5.11 Å². The summed E-state index contributed by atoms with van der Waals surface area (Å²) < 4.78 is 0. The fraction of sp³-hybridized carbons (Fsp3) is 1.00. The molecule has 0 aromatic heterocycles. The summed E-state index contributed by atoms with van der Waals surface area (Å²) >= 11 is 2.04. The van der Waals surface area contributed by atoms with Crippen molar-refractivity contribution in [1.82, 2.24) is 5.32 Å². The highest BCUT2D eigenvalue weighted by Crippen LogP contribution is 2.16. The lowest BCUT2D eigenvalue weighted by atomic mass is 10.0. The van der Waals surface area contributed by atoms with E-state index in [1.165, 1.54) is 24.3 Å². The maximum atomic E-state index is 9.61. The number of rotatable bonds is 5. The maximum absolute atomic E-state index is 9.61. The summed E-state index contributed by atoms with van der Waals surface area (Å²) in [7, 11) is 0. The van der Waals surface area contributed by atoms with Crippen molar-refractivity contribution in [2.75, 3.05) is 18.1 Å². The van der Waals surface area contributed by atoms with Gasteiger partial charge in [-0.25, -0.2) is 0 Å². The summed E-state index contributed by atoms with van der Waals surface area (Å²) in [5.74, 6) is 2.96. The van der Waals surface area contributed by atoms with Gasteiger partial charge in [-0.15, -0.1) is 0 Å². The molecule has 0 saturated carbocycles. The van der Waals surface area contributed by atoms with Gasteiger partial charge in [-0.1, -0.05) is 13.8 Å². The fourth-order valence-electron chi connectivity index (χ4n) is 1.67. The molecule has 0 radical (unpaired) electrons. The Kier molecular flexibility index (Phi) is 5.90. The molecule has 0 aromatic rings. The van der Waals surface area contributed by atoms with Crippen LogP contribution in [0.25, 0.3) is 0 Å². The van der Waals surface area contributed by atoms with Gasteiger partial charge in [0.1, 0.15) is 0 Å². The number of nitrogens with one attached hydrogen (secondary N) is 1. The van der Waals surface area contributed by atoms with E-state index in [1.807, 2.05) is 11.8 Å². The Morgan fingerprint density at radius 1 is 1.50 bits per heavy atom. The lowest BCUT2D eigenvalue weighted by Crippen LogP contribution is -2.36. The van der Waals surface area contributed by atoms with Gasteiger partial charge in [0, 0.05) is 11.8 Å². The molecule has 2 N–H and O–H groups in total. The van der Waals surface area contributed by atoms with Gasteiger partial charge in [-0.05, 0) is 37.5 Å². The van der Waals surface area contributed by atoms with Gasteiger partial charge < -0.3 is 10.4 Å². The number of hydrogen-bond acceptors (Lipinski definition) is 3. The molecule has 1 aliphatic heterocycles. The predicted octanol–water partition coefficient (Wildman–Crippen LogP) is 1.88. The monoisotopic (exact) mass is 217 g/mol. The summed E-state index contributed by atoms with van der Waals surface area (Å²) in [5.41, 5.74) is 0. The molecule has 0 amide bonds. The maximum Gasteiger partial charge on any atom is 0.0575 e. The Labute approximate surface area is 91.9 Å². The van der Waals surface area contributed by atoms with E-state index in [4.69, 9.17) is 0 Å². The third-order valence-corrected chi connectivity index (χ3v) is 4.02. The van der Waals surface area contributed by atoms with E-state index in [0.29, 0.717) is 12.0 Å². The molecule has 1 aliphatic rings. The molecule has 0 bridgehead atoms. The molecular formula is C11H23NOS. The van der Waals surface area contributed by atoms with Crippen LogP contribution in [0.3, 0.4) is 0 Å².